The lowest BCUT2D eigenvalue weighted by molar-refractivity contribution is 0.0735. The van der Waals surface area contributed by atoms with Gasteiger partial charge in [-0.1, -0.05) is 0 Å². The fourth-order valence-electron chi connectivity index (χ4n) is 1.97. The van der Waals surface area contributed by atoms with Crippen LogP contribution in [-0.2, 0) is 0 Å². The molecule has 86 valence electrons. The first-order chi connectivity index (χ1) is 7.61. The average molecular weight is 221 g/mol. The largest absolute Gasteiger partial charge is 0.481 e. The predicted octanol–water partition coefficient (Wildman–Crippen LogP) is 1.53. The van der Waals surface area contributed by atoms with E-state index >= 15 is 0 Å². The van der Waals surface area contributed by atoms with Crippen molar-refractivity contribution in [3.05, 3.63) is 23.4 Å². The highest BCUT2D eigenvalue weighted by Crippen LogP contribution is 2.40. The minimum Gasteiger partial charge on any atom is -0.481 e. The van der Waals surface area contributed by atoms with Gasteiger partial charge in [0.25, 0.3) is 0 Å². The number of ketones is 1. The molecular formula is C12H15NO3. The van der Waals surface area contributed by atoms with Gasteiger partial charge in [0.1, 0.15) is 0 Å². The van der Waals surface area contributed by atoms with E-state index in [0.717, 1.165) is 18.4 Å². The van der Waals surface area contributed by atoms with Crippen molar-refractivity contribution in [1.82, 2.24) is 4.98 Å². The number of aliphatic hydroxyl groups excluding tert-OH is 1. The van der Waals surface area contributed by atoms with Crippen LogP contribution in [0.15, 0.2) is 12.3 Å². The zero-order valence-electron chi connectivity index (χ0n) is 9.43. The van der Waals surface area contributed by atoms with E-state index in [1.165, 1.54) is 13.1 Å². The second-order valence-corrected chi connectivity index (χ2v) is 4.20. The minimum atomic E-state index is -0.226. The van der Waals surface area contributed by atoms with Crippen LogP contribution in [0.5, 0.6) is 5.88 Å². The van der Waals surface area contributed by atoms with Gasteiger partial charge in [-0.2, -0.15) is 0 Å². The third kappa shape index (κ3) is 1.93. The Morgan fingerprint density at radius 3 is 2.75 bits per heavy atom. The van der Waals surface area contributed by atoms with Gasteiger partial charge in [0.15, 0.2) is 5.78 Å². The van der Waals surface area contributed by atoms with E-state index in [9.17, 15) is 9.90 Å². The van der Waals surface area contributed by atoms with Crippen molar-refractivity contribution in [2.24, 2.45) is 0 Å². The molecule has 0 spiro atoms. The van der Waals surface area contributed by atoms with Gasteiger partial charge in [-0.3, -0.25) is 4.79 Å². The van der Waals surface area contributed by atoms with Gasteiger partial charge < -0.3 is 9.84 Å². The monoisotopic (exact) mass is 221 g/mol. The summed E-state index contributed by atoms with van der Waals surface area (Å²) < 4.78 is 5.17. The van der Waals surface area contributed by atoms with Crippen LogP contribution < -0.4 is 4.74 Å². The Hall–Kier alpha value is -1.42. The van der Waals surface area contributed by atoms with Crippen molar-refractivity contribution in [2.75, 3.05) is 7.11 Å². The number of methoxy groups -OCH3 is 1. The van der Waals surface area contributed by atoms with Crippen molar-refractivity contribution in [3.63, 3.8) is 0 Å². The molecule has 2 rings (SSSR count). The van der Waals surface area contributed by atoms with E-state index in [-0.39, 0.29) is 17.8 Å². The number of Topliss-reactive ketones (excluding diaryl/α,β-unsaturated/α-hetero) is 1. The first-order valence-corrected chi connectivity index (χ1v) is 5.34. The van der Waals surface area contributed by atoms with E-state index in [4.69, 9.17) is 4.74 Å². The normalized spacial score (nSPS) is 23.7. The van der Waals surface area contributed by atoms with Gasteiger partial charge in [-0.15, -0.1) is 0 Å². The molecule has 0 saturated heterocycles. The van der Waals surface area contributed by atoms with Crippen molar-refractivity contribution >= 4 is 5.78 Å². The molecule has 1 aromatic heterocycles. The third-order valence-corrected chi connectivity index (χ3v) is 3.03. The third-order valence-electron chi connectivity index (χ3n) is 3.03. The van der Waals surface area contributed by atoms with Gasteiger partial charge in [0.05, 0.1) is 13.2 Å². The molecule has 1 aliphatic rings. The molecule has 1 saturated carbocycles. The maximum Gasteiger partial charge on any atom is 0.216 e. The summed E-state index contributed by atoms with van der Waals surface area (Å²) in [6.45, 7) is 1.52. The topological polar surface area (TPSA) is 59.4 Å². The van der Waals surface area contributed by atoms with Gasteiger partial charge in [-0.25, -0.2) is 4.98 Å². The first-order valence-electron chi connectivity index (χ1n) is 5.34. The van der Waals surface area contributed by atoms with Crippen LogP contribution in [0.1, 0.15) is 41.6 Å². The molecule has 1 aromatic rings. The molecule has 16 heavy (non-hydrogen) atoms. The number of hydrogen-bond acceptors (Lipinski definition) is 4. The second kappa shape index (κ2) is 4.22. The highest BCUT2D eigenvalue weighted by molar-refractivity contribution is 5.94. The average Bonchev–Trinajstić information content (AvgIpc) is 2.24. The smallest absolute Gasteiger partial charge is 0.216 e. The van der Waals surface area contributed by atoms with E-state index in [1.807, 2.05) is 6.07 Å². The van der Waals surface area contributed by atoms with E-state index in [1.54, 1.807) is 7.11 Å². The Morgan fingerprint density at radius 1 is 1.56 bits per heavy atom. The fourth-order valence-corrected chi connectivity index (χ4v) is 1.97. The standard InChI is InChI=1S/C12H15NO3/c1-7(14)9-5-11(8-3-10(15)4-8)12(16-2)13-6-9/h5-6,8,10,15H,3-4H2,1-2H3. The summed E-state index contributed by atoms with van der Waals surface area (Å²) in [4.78, 5) is 15.4. The molecule has 0 bridgehead atoms. The summed E-state index contributed by atoms with van der Waals surface area (Å²) in [5.74, 6) is 0.815. The molecule has 0 radical (unpaired) electrons. The van der Waals surface area contributed by atoms with E-state index < -0.39 is 0 Å². The summed E-state index contributed by atoms with van der Waals surface area (Å²) >= 11 is 0. The van der Waals surface area contributed by atoms with Crippen LogP contribution in [0.3, 0.4) is 0 Å². The Balaban J connectivity index is 2.32. The zero-order chi connectivity index (χ0) is 11.7. The molecule has 0 aromatic carbocycles. The highest BCUT2D eigenvalue weighted by atomic mass is 16.5. The highest BCUT2D eigenvalue weighted by Gasteiger charge is 2.31. The summed E-state index contributed by atoms with van der Waals surface area (Å²) in [5.41, 5.74) is 1.53. The SMILES string of the molecule is COc1ncc(C(C)=O)cc1C1CC(O)C1. The number of pyridine rings is 1. The van der Waals surface area contributed by atoms with Gasteiger partial charge in [-0.05, 0) is 31.7 Å². The van der Waals surface area contributed by atoms with Crippen LogP contribution in [-0.4, -0.2) is 29.1 Å². The van der Waals surface area contributed by atoms with Crippen molar-refractivity contribution in [2.45, 2.75) is 31.8 Å². The Labute approximate surface area is 94.3 Å². The van der Waals surface area contributed by atoms with Crippen molar-refractivity contribution in [1.29, 1.82) is 0 Å². The van der Waals surface area contributed by atoms with Crippen molar-refractivity contribution in [3.8, 4) is 5.88 Å². The van der Waals surface area contributed by atoms with Gasteiger partial charge in [0.2, 0.25) is 5.88 Å². The molecule has 0 amide bonds. The Kier molecular flexibility index (Phi) is 2.92. The number of hydrogen-bond donors (Lipinski definition) is 1. The summed E-state index contributed by atoms with van der Waals surface area (Å²) in [5, 5.41) is 9.29. The fraction of sp³-hybridized carbons (Fsp3) is 0.500. The maximum absolute atomic E-state index is 11.3. The lowest BCUT2D eigenvalue weighted by Gasteiger charge is -2.32. The van der Waals surface area contributed by atoms with Crippen molar-refractivity contribution < 1.29 is 14.6 Å². The number of carbonyl (C=O) groups is 1. The molecule has 0 atom stereocenters. The summed E-state index contributed by atoms with van der Waals surface area (Å²) in [6.07, 6.45) is 2.74. The number of aromatic nitrogens is 1. The second-order valence-electron chi connectivity index (χ2n) is 4.20. The number of nitrogens with zero attached hydrogens (tertiary/aromatic N) is 1. The van der Waals surface area contributed by atoms with Crippen LogP contribution in [0.25, 0.3) is 0 Å². The molecule has 1 aliphatic carbocycles. The quantitative estimate of drug-likeness (QED) is 0.786. The summed E-state index contributed by atoms with van der Waals surface area (Å²) in [6, 6.07) is 1.82. The molecule has 1 fully saturated rings. The number of carbonyl (C=O) groups excluding carboxylic acids is 1. The molecule has 4 heteroatoms. The lowest BCUT2D eigenvalue weighted by Crippen LogP contribution is -2.27. The van der Waals surface area contributed by atoms with Gasteiger partial charge >= 0.3 is 0 Å². The molecule has 1 heterocycles. The molecule has 4 nitrogen and oxygen atoms in total. The van der Waals surface area contributed by atoms with E-state index in [2.05, 4.69) is 4.98 Å². The maximum atomic E-state index is 11.3. The molecule has 1 N–H and O–H groups in total. The Bertz CT molecular complexity index is 411. The predicted molar refractivity (Wildman–Crippen MR) is 58.8 cm³/mol. The molecule has 0 unspecified atom stereocenters. The Morgan fingerprint density at radius 2 is 2.25 bits per heavy atom. The number of rotatable bonds is 3. The minimum absolute atomic E-state index is 0.00345. The number of aliphatic hydroxyl groups is 1. The first kappa shape index (κ1) is 11.1. The molecule has 0 aliphatic heterocycles. The van der Waals surface area contributed by atoms with Crippen LogP contribution in [0, 0.1) is 0 Å². The van der Waals surface area contributed by atoms with Crippen LogP contribution >= 0.6 is 0 Å². The summed E-state index contributed by atoms with van der Waals surface area (Å²) in [7, 11) is 1.56. The lowest BCUT2D eigenvalue weighted by atomic mass is 9.77. The molecular weight excluding hydrogens is 206 g/mol. The van der Waals surface area contributed by atoms with E-state index in [0.29, 0.717) is 11.4 Å². The van der Waals surface area contributed by atoms with Crippen LogP contribution in [0.4, 0.5) is 0 Å². The number of ether oxygens (including phenoxy) is 1. The van der Waals surface area contributed by atoms with Gasteiger partial charge in [0, 0.05) is 17.3 Å². The van der Waals surface area contributed by atoms with Crippen LogP contribution in [0.2, 0.25) is 0 Å². The zero-order valence-corrected chi connectivity index (χ0v) is 9.43.